The molecule has 2 aromatic carbocycles. The Labute approximate surface area is 168 Å². The summed E-state index contributed by atoms with van der Waals surface area (Å²) in [4.78, 5) is 26.4. The van der Waals surface area contributed by atoms with Gasteiger partial charge in [0.25, 0.3) is 5.91 Å². The number of hydrogen-bond acceptors (Lipinski definition) is 3. The van der Waals surface area contributed by atoms with E-state index in [0.717, 1.165) is 25.2 Å². The van der Waals surface area contributed by atoms with Gasteiger partial charge in [0.05, 0.1) is 0 Å². The summed E-state index contributed by atoms with van der Waals surface area (Å²) in [6.45, 7) is 8.32. The van der Waals surface area contributed by atoms with Crippen LogP contribution in [-0.4, -0.2) is 36.3 Å². The maximum absolute atomic E-state index is 12.1. The van der Waals surface area contributed by atoms with Crippen LogP contribution in [0.25, 0.3) is 0 Å². The van der Waals surface area contributed by atoms with Crippen LogP contribution in [0.15, 0.2) is 54.6 Å². The van der Waals surface area contributed by atoms with Crippen LogP contribution in [0.2, 0.25) is 0 Å². The predicted octanol–water partition coefficient (Wildman–Crippen LogP) is 3.35. The molecule has 2 aromatic rings. The zero-order valence-corrected chi connectivity index (χ0v) is 16.9. The lowest BCUT2D eigenvalue weighted by molar-refractivity contribution is -0.121. The van der Waals surface area contributed by atoms with Crippen molar-refractivity contribution in [1.29, 1.82) is 0 Å². The Morgan fingerprint density at radius 1 is 0.893 bits per heavy atom. The molecule has 0 aliphatic rings. The second-order valence-electron chi connectivity index (χ2n) is 6.78. The molecule has 150 valence electrons. The second kappa shape index (κ2) is 11.9. The van der Waals surface area contributed by atoms with Crippen molar-refractivity contribution in [3.63, 3.8) is 0 Å². The van der Waals surface area contributed by atoms with Gasteiger partial charge in [-0.3, -0.25) is 14.5 Å². The summed E-state index contributed by atoms with van der Waals surface area (Å²) in [5, 5.41) is 5.80. The number of hydrogen-bond donors (Lipinski definition) is 2. The van der Waals surface area contributed by atoms with Crippen molar-refractivity contribution in [2.75, 3.05) is 19.6 Å². The molecule has 0 heterocycles. The smallest absolute Gasteiger partial charge is 0.251 e. The van der Waals surface area contributed by atoms with Gasteiger partial charge in [0.15, 0.2) is 0 Å². The van der Waals surface area contributed by atoms with Crippen LogP contribution < -0.4 is 10.6 Å². The molecule has 0 aliphatic carbocycles. The van der Waals surface area contributed by atoms with E-state index in [0.29, 0.717) is 31.5 Å². The van der Waals surface area contributed by atoms with Crippen LogP contribution in [0, 0.1) is 0 Å². The normalized spacial score (nSPS) is 10.7. The molecular formula is C23H31N3O2. The molecule has 0 aromatic heterocycles. The fourth-order valence-corrected chi connectivity index (χ4v) is 2.97. The number of nitrogens with zero attached hydrogens (tertiary/aromatic N) is 1. The summed E-state index contributed by atoms with van der Waals surface area (Å²) in [5.41, 5.74) is 3.01. The van der Waals surface area contributed by atoms with Gasteiger partial charge in [-0.25, -0.2) is 0 Å². The maximum Gasteiger partial charge on any atom is 0.251 e. The highest BCUT2D eigenvalue weighted by Crippen LogP contribution is 2.08. The zero-order valence-electron chi connectivity index (χ0n) is 16.9. The van der Waals surface area contributed by atoms with Crippen molar-refractivity contribution < 1.29 is 9.59 Å². The molecule has 0 fully saturated rings. The van der Waals surface area contributed by atoms with Crippen molar-refractivity contribution >= 4 is 11.8 Å². The van der Waals surface area contributed by atoms with E-state index in [1.807, 2.05) is 30.3 Å². The second-order valence-corrected chi connectivity index (χ2v) is 6.78. The lowest BCUT2D eigenvalue weighted by Crippen LogP contribution is -2.27. The van der Waals surface area contributed by atoms with Crippen molar-refractivity contribution in [3.05, 3.63) is 71.3 Å². The quantitative estimate of drug-likeness (QED) is 0.587. The van der Waals surface area contributed by atoms with Gasteiger partial charge in [0.1, 0.15) is 0 Å². The molecule has 2 N–H and O–H groups in total. The minimum absolute atomic E-state index is 0.00288. The first-order chi connectivity index (χ1) is 13.6. The van der Waals surface area contributed by atoms with Crippen LogP contribution in [-0.2, 0) is 17.9 Å². The Bertz CT molecular complexity index is 743. The maximum atomic E-state index is 12.1. The average molecular weight is 382 g/mol. The fraction of sp³-hybridized carbons (Fsp3) is 0.391. The summed E-state index contributed by atoms with van der Waals surface area (Å²) in [6, 6.07) is 17.4. The molecule has 0 atom stereocenters. The Balaban J connectivity index is 1.67. The molecule has 28 heavy (non-hydrogen) atoms. The van der Waals surface area contributed by atoms with Gasteiger partial charge >= 0.3 is 0 Å². The average Bonchev–Trinajstić information content (AvgIpc) is 2.74. The summed E-state index contributed by atoms with van der Waals surface area (Å²) in [5.74, 6) is -0.103. The third kappa shape index (κ3) is 7.53. The number of benzene rings is 2. The van der Waals surface area contributed by atoms with E-state index in [-0.39, 0.29) is 11.8 Å². The molecule has 0 unspecified atom stereocenters. The van der Waals surface area contributed by atoms with Crippen LogP contribution in [0.5, 0.6) is 0 Å². The van der Waals surface area contributed by atoms with Crippen LogP contribution >= 0.6 is 0 Å². The van der Waals surface area contributed by atoms with Crippen molar-refractivity contribution in [2.45, 2.75) is 39.8 Å². The van der Waals surface area contributed by atoms with Crippen molar-refractivity contribution in [1.82, 2.24) is 15.5 Å². The van der Waals surface area contributed by atoms with Gasteiger partial charge in [0, 0.05) is 31.6 Å². The third-order valence-electron chi connectivity index (χ3n) is 4.68. The first-order valence-corrected chi connectivity index (χ1v) is 10.0. The Morgan fingerprint density at radius 3 is 2.32 bits per heavy atom. The Kier molecular flexibility index (Phi) is 9.22. The monoisotopic (exact) mass is 381 g/mol. The van der Waals surface area contributed by atoms with E-state index >= 15 is 0 Å². The van der Waals surface area contributed by atoms with Gasteiger partial charge in [-0.1, -0.05) is 56.3 Å². The molecule has 0 aliphatic heterocycles. The van der Waals surface area contributed by atoms with E-state index in [1.165, 1.54) is 5.56 Å². The molecule has 5 heteroatoms. The molecule has 2 rings (SSSR count). The molecule has 5 nitrogen and oxygen atoms in total. The van der Waals surface area contributed by atoms with E-state index in [2.05, 4.69) is 41.5 Å². The topological polar surface area (TPSA) is 61.4 Å². The van der Waals surface area contributed by atoms with E-state index in [9.17, 15) is 9.59 Å². The molecule has 0 saturated carbocycles. The zero-order chi connectivity index (χ0) is 20.2. The largest absolute Gasteiger partial charge is 0.352 e. The van der Waals surface area contributed by atoms with Gasteiger partial charge in [0.2, 0.25) is 5.91 Å². The number of rotatable bonds is 11. The SMILES string of the molecule is CCN(CC)Cc1cccc(CNC(=O)CCCNC(=O)c2ccccc2)c1. The number of carbonyl (C=O) groups excluding carboxylic acids is 2. The molecule has 0 saturated heterocycles. The highest BCUT2D eigenvalue weighted by Gasteiger charge is 2.06. The van der Waals surface area contributed by atoms with E-state index in [1.54, 1.807) is 12.1 Å². The van der Waals surface area contributed by atoms with Gasteiger partial charge in [-0.05, 0) is 42.8 Å². The van der Waals surface area contributed by atoms with Crippen LogP contribution in [0.3, 0.4) is 0 Å². The summed E-state index contributed by atoms with van der Waals surface area (Å²) in [7, 11) is 0. The molecule has 2 amide bonds. The highest BCUT2D eigenvalue weighted by molar-refractivity contribution is 5.94. The fourth-order valence-electron chi connectivity index (χ4n) is 2.97. The lowest BCUT2D eigenvalue weighted by atomic mass is 10.1. The van der Waals surface area contributed by atoms with Gasteiger partial charge in [-0.15, -0.1) is 0 Å². The van der Waals surface area contributed by atoms with E-state index < -0.39 is 0 Å². The molecule has 0 spiro atoms. The minimum Gasteiger partial charge on any atom is -0.352 e. The highest BCUT2D eigenvalue weighted by atomic mass is 16.2. The standard InChI is InChI=1S/C23H31N3O2/c1-3-26(4-2)18-20-11-8-10-19(16-20)17-25-22(27)14-9-15-24-23(28)21-12-6-5-7-13-21/h5-8,10-13,16H,3-4,9,14-15,17-18H2,1-2H3,(H,24,28)(H,25,27). The molecule has 0 radical (unpaired) electrons. The summed E-state index contributed by atoms with van der Waals surface area (Å²) >= 11 is 0. The Hall–Kier alpha value is -2.66. The Morgan fingerprint density at radius 2 is 1.61 bits per heavy atom. The first-order valence-electron chi connectivity index (χ1n) is 10.0. The minimum atomic E-state index is -0.106. The van der Waals surface area contributed by atoms with E-state index in [4.69, 9.17) is 0 Å². The van der Waals surface area contributed by atoms with Crippen LogP contribution in [0.4, 0.5) is 0 Å². The van der Waals surface area contributed by atoms with Gasteiger partial charge < -0.3 is 10.6 Å². The summed E-state index contributed by atoms with van der Waals surface area (Å²) in [6.07, 6.45) is 1.01. The molecular weight excluding hydrogens is 350 g/mol. The first kappa shape index (κ1) is 21.6. The lowest BCUT2D eigenvalue weighted by Gasteiger charge is -2.18. The summed E-state index contributed by atoms with van der Waals surface area (Å²) < 4.78 is 0. The number of nitrogens with one attached hydrogen (secondary N) is 2. The van der Waals surface area contributed by atoms with Gasteiger partial charge in [-0.2, -0.15) is 0 Å². The number of carbonyl (C=O) groups is 2. The van der Waals surface area contributed by atoms with Crippen molar-refractivity contribution in [3.8, 4) is 0 Å². The third-order valence-corrected chi connectivity index (χ3v) is 4.68. The molecule has 0 bridgehead atoms. The van der Waals surface area contributed by atoms with Crippen molar-refractivity contribution in [2.24, 2.45) is 0 Å². The van der Waals surface area contributed by atoms with Crippen LogP contribution in [0.1, 0.15) is 48.2 Å². The predicted molar refractivity (Wildman–Crippen MR) is 113 cm³/mol. The number of amides is 2.